The Kier molecular flexibility index (Phi) is 7.59. The molecule has 1 aromatic carbocycles. The number of alkyl halides is 3. The van der Waals surface area contributed by atoms with E-state index in [9.17, 15) is 22.4 Å². The average molecular weight is 494 g/mol. The summed E-state index contributed by atoms with van der Waals surface area (Å²) in [5.41, 5.74) is 1.03. The molecule has 0 bridgehead atoms. The maximum atomic E-state index is 14.3. The standard InChI is InChI=1S/C25H31F4N5O/c1-16(2)11-23-30-13-18-7-10-34(15-21(18)32-23)24(35)31-14-22(33-8-3-4-9-33)17-5-6-19(20(26)12-17)25(27,28)29/h5-6,12-13,16,22H,3-4,7-11,14-15H2,1-2H3,(H,31,35)/t22-/m1/s1. The fourth-order valence-electron chi connectivity index (χ4n) is 4.76. The lowest BCUT2D eigenvalue weighted by Gasteiger charge is -2.31. The smallest absolute Gasteiger partial charge is 0.336 e. The topological polar surface area (TPSA) is 61.4 Å². The number of nitrogens with one attached hydrogen (secondary N) is 1. The molecule has 6 nitrogen and oxygen atoms in total. The minimum absolute atomic E-state index is 0.176. The van der Waals surface area contributed by atoms with Crippen LogP contribution in [0.1, 0.15) is 60.9 Å². The number of fused-ring (bicyclic) bond motifs is 1. The largest absolute Gasteiger partial charge is 0.419 e. The zero-order valence-electron chi connectivity index (χ0n) is 20.0. The molecule has 3 heterocycles. The first-order valence-electron chi connectivity index (χ1n) is 12.1. The van der Waals surface area contributed by atoms with E-state index in [1.54, 1.807) is 4.90 Å². The van der Waals surface area contributed by atoms with Crippen LogP contribution in [0.5, 0.6) is 0 Å². The highest BCUT2D eigenvalue weighted by atomic mass is 19.4. The molecule has 35 heavy (non-hydrogen) atoms. The van der Waals surface area contributed by atoms with Gasteiger partial charge in [-0.15, -0.1) is 0 Å². The fraction of sp³-hybridized carbons (Fsp3) is 0.560. The minimum Gasteiger partial charge on any atom is -0.336 e. The maximum Gasteiger partial charge on any atom is 0.419 e. The van der Waals surface area contributed by atoms with Gasteiger partial charge in [0.2, 0.25) is 0 Å². The van der Waals surface area contributed by atoms with Gasteiger partial charge in [-0.05, 0) is 61.5 Å². The third-order valence-electron chi connectivity index (χ3n) is 6.59. The van der Waals surface area contributed by atoms with E-state index in [1.165, 1.54) is 6.07 Å². The summed E-state index contributed by atoms with van der Waals surface area (Å²) >= 11 is 0. The molecular formula is C25H31F4N5O. The van der Waals surface area contributed by atoms with E-state index in [2.05, 4.69) is 34.0 Å². The molecule has 2 aliphatic rings. The van der Waals surface area contributed by atoms with Gasteiger partial charge in [-0.1, -0.05) is 19.9 Å². The number of carbonyl (C=O) groups excluding carboxylic acids is 1. The highest BCUT2D eigenvalue weighted by molar-refractivity contribution is 5.74. The van der Waals surface area contributed by atoms with E-state index in [0.717, 1.165) is 61.6 Å². The first-order valence-corrected chi connectivity index (χ1v) is 12.1. The summed E-state index contributed by atoms with van der Waals surface area (Å²) in [5, 5.41) is 2.93. The molecule has 2 amide bonds. The number of benzene rings is 1. The monoisotopic (exact) mass is 493 g/mol. The van der Waals surface area contributed by atoms with E-state index in [-0.39, 0.29) is 12.6 Å². The number of likely N-dealkylation sites (tertiary alicyclic amines) is 1. The Morgan fingerprint density at radius 2 is 1.91 bits per heavy atom. The van der Waals surface area contributed by atoms with Gasteiger partial charge in [0.15, 0.2) is 0 Å². The van der Waals surface area contributed by atoms with Gasteiger partial charge in [0.05, 0.1) is 23.8 Å². The zero-order valence-corrected chi connectivity index (χ0v) is 20.0. The van der Waals surface area contributed by atoms with Crippen LogP contribution in [-0.4, -0.2) is 52.0 Å². The van der Waals surface area contributed by atoms with Crippen LogP contribution < -0.4 is 5.32 Å². The molecule has 1 N–H and O–H groups in total. The summed E-state index contributed by atoms with van der Waals surface area (Å²) in [6.07, 6.45) is 0.426. The Morgan fingerprint density at radius 3 is 2.57 bits per heavy atom. The molecule has 0 saturated carbocycles. The second-order valence-corrected chi connectivity index (χ2v) is 9.71. The Hall–Kier alpha value is -2.75. The number of aromatic nitrogens is 2. The Labute approximate surface area is 202 Å². The van der Waals surface area contributed by atoms with Gasteiger partial charge >= 0.3 is 12.2 Å². The number of halogens is 4. The third-order valence-corrected chi connectivity index (χ3v) is 6.59. The van der Waals surface area contributed by atoms with Crippen LogP contribution in [0.3, 0.4) is 0 Å². The first-order chi connectivity index (χ1) is 16.6. The van der Waals surface area contributed by atoms with Crippen LogP contribution in [0.15, 0.2) is 24.4 Å². The van der Waals surface area contributed by atoms with Gasteiger partial charge in [-0.3, -0.25) is 4.90 Å². The molecule has 4 rings (SSSR count). The van der Waals surface area contributed by atoms with E-state index >= 15 is 0 Å². The Morgan fingerprint density at radius 1 is 1.17 bits per heavy atom. The van der Waals surface area contributed by atoms with Crippen LogP contribution in [0.2, 0.25) is 0 Å². The van der Waals surface area contributed by atoms with Crippen molar-refractivity contribution in [1.29, 1.82) is 0 Å². The van der Waals surface area contributed by atoms with Crippen LogP contribution in [-0.2, 0) is 25.6 Å². The Balaban J connectivity index is 1.45. The predicted molar refractivity (Wildman–Crippen MR) is 123 cm³/mol. The van der Waals surface area contributed by atoms with Crippen molar-refractivity contribution in [2.75, 3.05) is 26.2 Å². The molecule has 1 atom stereocenters. The zero-order chi connectivity index (χ0) is 25.2. The number of nitrogens with zero attached hydrogens (tertiary/aromatic N) is 4. The summed E-state index contributed by atoms with van der Waals surface area (Å²) in [7, 11) is 0. The van der Waals surface area contributed by atoms with Gasteiger partial charge < -0.3 is 10.2 Å². The van der Waals surface area contributed by atoms with Crippen LogP contribution >= 0.6 is 0 Å². The predicted octanol–water partition coefficient (Wildman–Crippen LogP) is 4.74. The van der Waals surface area contributed by atoms with Crippen molar-refractivity contribution < 1.29 is 22.4 Å². The van der Waals surface area contributed by atoms with E-state index in [1.807, 2.05) is 6.20 Å². The lowest BCUT2D eigenvalue weighted by molar-refractivity contribution is -0.140. The summed E-state index contributed by atoms with van der Waals surface area (Å²) in [5.74, 6) is -0.108. The lowest BCUT2D eigenvalue weighted by atomic mass is 10.0. The van der Waals surface area contributed by atoms with Gasteiger partial charge in [-0.25, -0.2) is 19.2 Å². The summed E-state index contributed by atoms with van der Waals surface area (Å²) < 4.78 is 53.3. The fourth-order valence-corrected chi connectivity index (χ4v) is 4.76. The van der Waals surface area contributed by atoms with Crippen LogP contribution in [0, 0.1) is 11.7 Å². The highest BCUT2D eigenvalue weighted by Crippen LogP contribution is 2.34. The van der Waals surface area contributed by atoms with Crippen LogP contribution in [0.4, 0.5) is 22.4 Å². The molecule has 0 unspecified atom stereocenters. The van der Waals surface area contributed by atoms with Gasteiger partial charge in [0.25, 0.3) is 0 Å². The molecule has 2 aromatic rings. The number of hydrogen-bond donors (Lipinski definition) is 1. The normalized spacial score (nSPS) is 17.5. The molecule has 10 heteroatoms. The second kappa shape index (κ2) is 10.5. The summed E-state index contributed by atoms with van der Waals surface area (Å²) in [6, 6.07) is 2.37. The van der Waals surface area contributed by atoms with Crippen molar-refractivity contribution in [2.24, 2.45) is 5.92 Å². The van der Waals surface area contributed by atoms with Crippen molar-refractivity contribution in [2.45, 2.75) is 58.3 Å². The van der Waals surface area contributed by atoms with Gasteiger partial charge in [-0.2, -0.15) is 13.2 Å². The number of hydrogen-bond acceptors (Lipinski definition) is 4. The molecule has 1 fully saturated rings. The SMILES string of the molecule is CC(C)Cc1ncc2c(n1)CN(C(=O)NC[C@H](c1ccc(C(F)(F)F)c(F)c1)N1CCCC1)CC2. The maximum absolute atomic E-state index is 14.3. The van der Waals surface area contributed by atoms with Crippen molar-refractivity contribution in [3.8, 4) is 0 Å². The number of carbonyl (C=O) groups is 1. The second-order valence-electron chi connectivity index (χ2n) is 9.71. The van der Waals surface area contributed by atoms with Crippen molar-refractivity contribution in [3.05, 3.63) is 58.4 Å². The molecular weight excluding hydrogens is 462 g/mol. The summed E-state index contributed by atoms with van der Waals surface area (Å²) in [6.45, 7) is 6.76. The van der Waals surface area contributed by atoms with Crippen molar-refractivity contribution in [3.63, 3.8) is 0 Å². The van der Waals surface area contributed by atoms with E-state index in [4.69, 9.17) is 0 Å². The van der Waals surface area contributed by atoms with E-state index in [0.29, 0.717) is 31.0 Å². The van der Waals surface area contributed by atoms with Gasteiger partial charge in [0, 0.05) is 25.7 Å². The summed E-state index contributed by atoms with van der Waals surface area (Å²) in [4.78, 5) is 25.9. The molecule has 1 aromatic heterocycles. The number of amides is 2. The lowest BCUT2D eigenvalue weighted by Crippen LogP contribution is -2.46. The molecule has 0 radical (unpaired) electrons. The minimum atomic E-state index is -4.75. The molecule has 2 aliphatic heterocycles. The molecule has 190 valence electrons. The van der Waals surface area contributed by atoms with Crippen LogP contribution in [0.25, 0.3) is 0 Å². The number of urea groups is 1. The first kappa shape index (κ1) is 25.3. The molecule has 0 spiro atoms. The number of rotatable bonds is 6. The molecule has 0 aliphatic carbocycles. The van der Waals surface area contributed by atoms with Crippen molar-refractivity contribution in [1.82, 2.24) is 25.1 Å². The highest BCUT2D eigenvalue weighted by Gasteiger charge is 2.35. The molecule has 1 saturated heterocycles. The third kappa shape index (κ3) is 6.09. The average Bonchev–Trinajstić information content (AvgIpc) is 3.32. The van der Waals surface area contributed by atoms with Crippen molar-refractivity contribution >= 4 is 6.03 Å². The van der Waals surface area contributed by atoms with Gasteiger partial charge in [0.1, 0.15) is 11.6 Å². The quantitative estimate of drug-likeness (QED) is 0.591. The Bertz CT molecular complexity index is 1050. The van der Waals surface area contributed by atoms with E-state index < -0.39 is 23.6 Å².